The van der Waals surface area contributed by atoms with Crippen molar-refractivity contribution < 1.29 is 31.1 Å². The van der Waals surface area contributed by atoms with E-state index < -0.39 is 25.0 Å². The normalized spacial score (nSPS) is 17.2. The van der Waals surface area contributed by atoms with Crippen molar-refractivity contribution in [1.29, 1.82) is 0 Å². The van der Waals surface area contributed by atoms with Crippen LogP contribution in [0.15, 0.2) is 23.3 Å². The predicted octanol–water partition coefficient (Wildman–Crippen LogP) is 3.67. The van der Waals surface area contributed by atoms with Crippen LogP contribution in [0.4, 0.5) is 26.3 Å². The molecule has 0 aliphatic carbocycles. The Labute approximate surface area is 194 Å². The van der Waals surface area contributed by atoms with Crippen molar-refractivity contribution in [3.8, 4) is 5.88 Å². The highest BCUT2D eigenvalue weighted by atomic mass is 127. The zero-order valence-electron chi connectivity index (χ0n) is 17.1. The van der Waals surface area contributed by atoms with Gasteiger partial charge in [-0.05, 0) is 25.5 Å². The van der Waals surface area contributed by atoms with Crippen LogP contribution in [0.3, 0.4) is 0 Å². The number of aliphatic imine (C=N–C) groups is 1. The van der Waals surface area contributed by atoms with Crippen LogP contribution in [0.1, 0.15) is 19.4 Å². The molecule has 1 atom stereocenters. The summed E-state index contributed by atoms with van der Waals surface area (Å²) in [5.41, 5.74) is 0.599. The van der Waals surface area contributed by atoms with E-state index in [1.807, 2.05) is 11.8 Å². The zero-order valence-corrected chi connectivity index (χ0v) is 19.5. The van der Waals surface area contributed by atoms with Crippen molar-refractivity contribution in [1.82, 2.24) is 20.1 Å². The van der Waals surface area contributed by atoms with Gasteiger partial charge in [0.15, 0.2) is 12.6 Å². The number of aromatic nitrogens is 1. The number of hydrogen-bond acceptors (Lipinski definition) is 4. The smallest absolute Gasteiger partial charge is 0.422 e. The maximum absolute atomic E-state index is 12.9. The minimum Gasteiger partial charge on any atom is -0.468 e. The number of ether oxygens (including phenoxy) is 1. The first-order valence-corrected chi connectivity index (χ1v) is 9.48. The largest absolute Gasteiger partial charge is 0.468 e. The second-order valence-electron chi connectivity index (χ2n) is 6.82. The number of guanidine groups is 1. The molecule has 31 heavy (non-hydrogen) atoms. The van der Waals surface area contributed by atoms with E-state index in [9.17, 15) is 26.3 Å². The Morgan fingerprint density at radius 1 is 1.19 bits per heavy atom. The van der Waals surface area contributed by atoms with Crippen LogP contribution in [-0.2, 0) is 6.54 Å². The van der Waals surface area contributed by atoms with Gasteiger partial charge in [0.25, 0.3) is 0 Å². The predicted molar refractivity (Wildman–Crippen MR) is 115 cm³/mol. The van der Waals surface area contributed by atoms with E-state index >= 15 is 0 Å². The average molecular weight is 569 g/mol. The highest BCUT2D eigenvalue weighted by Gasteiger charge is 2.41. The zero-order chi connectivity index (χ0) is 22.4. The van der Waals surface area contributed by atoms with Crippen molar-refractivity contribution in [2.24, 2.45) is 4.99 Å². The van der Waals surface area contributed by atoms with E-state index in [1.165, 1.54) is 17.2 Å². The Kier molecular flexibility index (Phi) is 10.6. The Morgan fingerprint density at radius 2 is 1.84 bits per heavy atom. The van der Waals surface area contributed by atoms with Gasteiger partial charge in [0.1, 0.15) is 6.04 Å². The molecule has 1 saturated heterocycles. The van der Waals surface area contributed by atoms with Gasteiger partial charge < -0.3 is 15.0 Å². The highest BCUT2D eigenvalue weighted by Crippen LogP contribution is 2.25. The summed E-state index contributed by atoms with van der Waals surface area (Å²) in [7, 11) is 0. The van der Waals surface area contributed by atoms with E-state index in [-0.39, 0.29) is 49.5 Å². The lowest BCUT2D eigenvalue weighted by atomic mass is 10.2. The molecule has 6 nitrogen and oxygen atoms in total. The number of rotatable bonds is 6. The fourth-order valence-corrected chi connectivity index (χ4v) is 2.90. The van der Waals surface area contributed by atoms with Crippen molar-refractivity contribution in [2.45, 2.75) is 38.8 Å². The van der Waals surface area contributed by atoms with Crippen LogP contribution in [0, 0.1) is 0 Å². The van der Waals surface area contributed by atoms with Crippen LogP contribution < -0.4 is 10.1 Å². The second kappa shape index (κ2) is 11.9. The molecule has 1 aromatic heterocycles. The summed E-state index contributed by atoms with van der Waals surface area (Å²) in [5.74, 6) is 0.381. The molecule has 0 saturated carbocycles. The number of halogens is 7. The number of pyridine rings is 1. The lowest BCUT2D eigenvalue weighted by Gasteiger charge is -2.39. The molecule has 1 fully saturated rings. The number of nitrogens with zero attached hydrogens (tertiary/aromatic N) is 4. The molecule has 178 valence electrons. The molecule has 2 heterocycles. The lowest BCUT2D eigenvalue weighted by molar-refractivity contribution is -0.181. The molecule has 1 N–H and O–H groups in total. The van der Waals surface area contributed by atoms with Crippen LogP contribution in [-0.4, -0.2) is 78.5 Å². The van der Waals surface area contributed by atoms with Gasteiger partial charge in [-0.3, -0.25) is 4.90 Å². The van der Waals surface area contributed by atoms with Gasteiger partial charge in [-0.25, -0.2) is 9.98 Å². The van der Waals surface area contributed by atoms with Crippen molar-refractivity contribution in [3.05, 3.63) is 23.9 Å². The van der Waals surface area contributed by atoms with Crippen LogP contribution in [0.25, 0.3) is 0 Å². The second-order valence-corrected chi connectivity index (χ2v) is 6.82. The monoisotopic (exact) mass is 569 g/mol. The third-order valence-corrected chi connectivity index (χ3v) is 4.56. The molecular formula is C18H26F6IN5O. The molecule has 1 aliphatic rings. The van der Waals surface area contributed by atoms with Gasteiger partial charge in [0.2, 0.25) is 5.88 Å². The Balaban J connectivity index is 0.00000480. The number of piperazine rings is 1. The SMILES string of the molecule is CCNC(=NCc1ccnc(OCC(F)(F)F)c1)N1CCN(C(C)C(F)(F)F)CC1.I. The molecular weight excluding hydrogens is 543 g/mol. The summed E-state index contributed by atoms with van der Waals surface area (Å²) < 4.78 is 80.2. The van der Waals surface area contributed by atoms with Gasteiger partial charge in [-0.2, -0.15) is 26.3 Å². The molecule has 1 aliphatic heterocycles. The Bertz CT molecular complexity index is 707. The fourth-order valence-electron chi connectivity index (χ4n) is 2.90. The first-order chi connectivity index (χ1) is 14.0. The number of alkyl halides is 6. The third-order valence-electron chi connectivity index (χ3n) is 4.56. The molecule has 0 aromatic carbocycles. The molecule has 1 unspecified atom stereocenters. The van der Waals surface area contributed by atoms with Gasteiger partial charge in [-0.15, -0.1) is 24.0 Å². The minimum absolute atomic E-state index is 0. The molecule has 0 radical (unpaired) electrons. The summed E-state index contributed by atoms with van der Waals surface area (Å²) in [4.78, 5) is 11.5. The van der Waals surface area contributed by atoms with E-state index in [1.54, 1.807) is 6.07 Å². The van der Waals surface area contributed by atoms with E-state index in [2.05, 4.69) is 20.0 Å². The molecule has 0 spiro atoms. The van der Waals surface area contributed by atoms with Crippen molar-refractivity contribution in [2.75, 3.05) is 39.3 Å². The molecule has 0 bridgehead atoms. The summed E-state index contributed by atoms with van der Waals surface area (Å²) in [6.07, 6.45) is -7.39. The molecule has 13 heteroatoms. The van der Waals surface area contributed by atoms with Crippen LogP contribution >= 0.6 is 24.0 Å². The minimum atomic E-state index is -4.46. The van der Waals surface area contributed by atoms with Gasteiger partial charge in [0, 0.05) is 45.0 Å². The standard InChI is InChI=1S/C18H25F6N5O.HI/c1-3-25-16(29-8-6-28(7-9-29)13(2)18(22,23)24)27-11-14-4-5-26-15(10-14)30-12-17(19,20)21;/h4-5,10,13H,3,6-9,11-12H2,1-2H3,(H,25,27);1H. The molecule has 2 rings (SSSR count). The van der Waals surface area contributed by atoms with Gasteiger partial charge in [0.05, 0.1) is 6.54 Å². The highest BCUT2D eigenvalue weighted by molar-refractivity contribution is 14.0. The Hall–Kier alpha value is -1.51. The number of nitrogens with one attached hydrogen (secondary N) is 1. The van der Waals surface area contributed by atoms with E-state index in [0.717, 1.165) is 6.92 Å². The topological polar surface area (TPSA) is 53.0 Å². The maximum atomic E-state index is 12.9. The quantitative estimate of drug-likeness (QED) is 0.246. The van der Waals surface area contributed by atoms with Crippen LogP contribution in [0.2, 0.25) is 0 Å². The third kappa shape index (κ3) is 9.25. The summed E-state index contributed by atoms with van der Waals surface area (Å²) >= 11 is 0. The average Bonchev–Trinajstić information content (AvgIpc) is 2.68. The molecule has 1 aromatic rings. The summed E-state index contributed by atoms with van der Waals surface area (Å²) in [5, 5.41) is 3.10. The van der Waals surface area contributed by atoms with Gasteiger partial charge in [-0.1, -0.05) is 0 Å². The summed E-state index contributed by atoms with van der Waals surface area (Å²) in [6, 6.07) is 1.48. The Morgan fingerprint density at radius 3 is 2.39 bits per heavy atom. The van der Waals surface area contributed by atoms with Crippen molar-refractivity contribution in [3.63, 3.8) is 0 Å². The first-order valence-electron chi connectivity index (χ1n) is 9.48. The van der Waals surface area contributed by atoms with Crippen LogP contribution in [0.5, 0.6) is 5.88 Å². The van der Waals surface area contributed by atoms with E-state index in [4.69, 9.17) is 0 Å². The fraction of sp³-hybridized carbons (Fsp3) is 0.667. The maximum Gasteiger partial charge on any atom is 0.422 e. The van der Waals surface area contributed by atoms with Crippen molar-refractivity contribution >= 4 is 29.9 Å². The van der Waals surface area contributed by atoms with E-state index in [0.29, 0.717) is 31.2 Å². The molecule has 0 amide bonds. The summed E-state index contributed by atoms with van der Waals surface area (Å²) in [6.45, 7) is 3.55. The lowest BCUT2D eigenvalue weighted by Crippen LogP contribution is -2.56. The first kappa shape index (κ1) is 27.5. The van der Waals surface area contributed by atoms with Gasteiger partial charge >= 0.3 is 12.4 Å². The number of hydrogen-bond donors (Lipinski definition) is 1.